The van der Waals surface area contributed by atoms with Crippen molar-refractivity contribution in [3.63, 3.8) is 0 Å². The van der Waals surface area contributed by atoms with Crippen molar-refractivity contribution in [1.29, 1.82) is 0 Å². The van der Waals surface area contributed by atoms with Crippen LogP contribution < -0.4 is 10.2 Å². The number of thiophene rings is 1. The number of hydrogen-bond donors (Lipinski definition) is 1. The molecular formula is C23H29N3O2S2. The topological polar surface area (TPSA) is 44.8 Å². The van der Waals surface area contributed by atoms with Crippen LogP contribution in [-0.4, -0.2) is 62.3 Å². The van der Waals surface area contributed by atoms with Crippen molar-refractivity contribution in [3.8, 4) is 0 Å². The molecule has 160 valence electrons. The lowest BCUT2D eigenvalue weighted by Crippen LogP contribution is -2.62. The zero-order valence-corrected chi connectivity index (χ0v) is 19.0. The highest BCUT2D eigenvalue weighted by molar-refractivity contribution is 8.01. The first-order chi connectivity index (χ1) is 14.7. The third-order valence-electron chi connectivity index (χ3n) is 6.71. The Bertz CT molecular complexity index is 869. The number of benzene rings is 1. The number of fused-ring (bicyclic) bond motifs is 3. The predicted molar refractivity (Wildman–Crippen MR) is 123 cm³/mol. The number of nitrogens with one attached hydrogen (secondary N) is 1. The molecule has 2 bridgehead atoms. The molecule has 2 aromatic rings. The molecule has 1 aromatic heterocycles. The molecule has 0 saturated carbocycles. The maximum absolute atomic E-state index is 12.9. The Hall–Kier alpha value is -1.54. The van der Waals surface area contributed by atoms with Crippen molar-refractivity contribution in [2.45, 2.75) is 41.0 Å². The first-order valence-corrected chi connectivity index (χ1v) is 12.6. The Morgan fingerprint density at radius 3 is 2.50 bits per heavy atom. The maximum Gasteiger partial charge on any atom is 0.261 e. The van der Waals surface area contributed by atoms with Crippen LogP contribution in [0.1, 0.15) is 29.4 Å². The zero-order valence-electron chi connectivity index (χ0n) is 17.4. The number of hydrogen-bond acceptors (Lipinski definition) is 6. The highest BCUT2D eigenvalue weighted by Crippen LogP contribution is 2.35. The third-order valence-corrected chi connectivity index (χ3v) is 8.94. The molecule has 2 atom stereocenters. The van der Waals surface area contributed by atoms with Crippen molar-refractivity contribution in [1.82, 2.24) is 10.2 Å². The molecule has 6 rings (SSSR count). The molecule has 4 aliphatic heterocycles. The highest BCUT2D eigenvalue weighted by atomic mass is 32.2. The quantitative estimate of drug-likeness (QED) is 0.758. The van der Waals surface area contributed by atoms with Crippen LogP contribution in [0.25, 0.3) is 0 Å². The monoisotopic (exact) mass is 443 g/mol. The van der Waals surface area contributed by atoms with Crippen molar-refractivity contribution in [2.24, 2.45) is 5.92 Å². The molecule has 0 radical (unpaired) electrons. The highest BCUT2D eigenvalue weighted by Gasteiger charge is 2.40. The fourth-order valence-electron chi connectivity index (χ4n) is 4.93. The van der Waals surface area contributed by atoms with E-state index in [1.165, 1.54) is 36.5 Å². The average molecular weight is 444 g/mol. The van der Waals surface area contributed by atoms with Gasteiger partial charge in [0.1, 0.15) is 0 Å². The molecule has 4 aliphatic rings. The molecular weight excluding hydrogens is 414 g/mol. The molecule has 0 aliphatic carbocycles. The summed E-state index contributed by atoms with van der Waals surface area (Å²) in [6.45, 7) is 8.13. The number of ether oxygens (including phenoxy) is 1. The largest absolute Gasteiger partial charge is 0.378 e. The van der Waals surface area contributed by atoms with Crippen LogP contribution in [0.3, 0.4) is 0 Å². The van der Waals surface area contributed by atoms with Crippen LogP contribution in [-0.2, 0) is 4.74 Å². The molecule has 4 saturated heterocycles. The van der Waals surface area contributed by atoms with Gasteiger partial charge >= 0.3 is 0 Å². The summed E-state index contributed by atoms with van der Waals surface area (Å²) >= 11 is 3.32. The minimum Gasteiger partial charge on any atom is -0.378 e. The number of rotatable bonds is 5. The SMILES string of the molecule is CC1C(NC(=O)c2ccc(Sc3ccc(N4CCOCC4)cc3)s2)C2CCN1CC2. The van der Waals surface area contributed by atoms with Crippen LogP contribution in [0.2, 0.25) is 0 Å². The Morgan fingerprint density at radius 2 is 1.80 bits per heavy atom. The lowest BCUT2D eigenvalue weighted by Gasteiger charge is -2.49. The number of carbonyl (C=O) groups excluding carboxylic acids is 1. The molecule has 5 nitrogen and oxygen atoms in total. The van der Waals surface area contributed by atoms with Gasteiger partial charge in [-0.2, -0.15) is 0 Å². The average Bonchev–Trinajstić information content (AvgIpc) is 3.26. The van der Waals surface area contributed by atoms with E-state index in [0.717, 1.165) is 35.4 Å². The number of carbonyl (C=O) groups is 1. The van der Waals surface area contributed by atoms with Crippen molar-refractivity contribution >= 4 is 34.7 Å². The van der Waals surface area contributed by atoms with E-state index in [2.05, 4.69) is 52.4 Å². The van der Waals surface area contributed by atoms with Crippen LogP contribution in [0.4, 0.5) is 5.69 Å². The van der Waals surface area contributed by atoms with Crippen molar-refractivity contribution in [2.75, 3.05) is 44.3 Å². The first kappa shape index (κ1) is 20.4. The van der Waals surface area contributed by atoms with Crippen molar-refractivity contribution in [3.05, 3.63) is 41.3 Å². The molecule has 1 aromatic carbocycles. The summed E-state index contributed by atoms with van der Waals surface area (Å²) < 4.78 is 6.59. The van der Waals surface area contributed by atoms with Gasteiger partial charge in [0.2, 0.25) is 0 Å². The van der Waals surface area contributed by atoms with E-state index in [1.807, 2.05) is 6.07 Å². The molecule has 0 spiro atoms. The van der Waals surface area contributed by atoms with Crippen LogP contribution in [0.5, 0.6) is 0 Å². The minimum absolute atomic E-state index is 0.0834. The van der Waals surface area contributed by atoms with E-state index in [4.69, 9.17) is 4.74 Å². The normalized spacial score (nSPS) is 28.5. The Labute approximate surface area is 186 Å². The summed E-state index contributed by atoms with van der Waals surface area (Å²) in [6, 6.07) is 13.5. The number of amides is 1. The van der Waals surface area contributed by atoms with Crippen LogP contribution in [0, 0.1) is 5.92 Å². The molecule has 7 heteroatoms. The van der Waals surface area contributed by atoms with E-state index >= 15 is 0 Å². The fraction of sp³-hybridized carbons (Fsp3) is 0.522. The van der Waals surface area contributed by atoms with E-state index in [1.54, 1.807) is 23.1 Å². The summed E-state index contributed by atoms with van der Waals surface area (Å²) in [5.74, 6) is 0.716. The van der Waals surface area contributed by atoms with Gasteiger partial charge < -0.3 is 15.0 Å². The van der Waals surface area contributed by atoms with Gasteiger partial charge in [-0.15, -0.1) is 11.3 Å². The lowest BCUT2D eigenvalue weighted by atomic mass is 9.79. The van der Waals surface area contributed by atoms with Gasteiger partial charge in [-0.1, -0.05) is 11.8 Å². The van der Waals surface area contributed by atoms with Gasteiger partial charge in [0.15, 0.2) is 0 Å². The molecule has 5 heterocycles. The second-order valence-corrected chi connectivity index (χ2v) is 10.9. The van der Waals surface area contributed by atoms with E-state index in [0.29, 0.717) is 12.0 Å². The smallest absolute Gasteiger partial charge is 0.261 e. The van der Waals surface area contributed by atoms with Crippen molar-refractivity contribution < 1.29 is 9.53 Å². The second kappa shape index (κ2) is 8.91. The van der Waals surface area contributed by atoms with Gasteiger partial charge in [-0.25, -0.2) is 0 Å². The summed E-state index contributed by atoms with van der Waals surface area (Å²) in [5.41, 5.74) is 1.25. The van der Waals surface area contributed by atoms with Gasteiger partial charge in [0, 0.05) is 35.8 Å². The molecule has 30 heavy (non-hydrogen) atoms. The molecule has 2 unspecified atom stereocenters. The first-order valence-electron chi connectivity index (χ1n) is 10.9. The Kier molecular flexibility index (Phi) is 6.05. The number of nitrogens with zero attached hydrogens (tertiary/aromatic N) is 2. The summed E-state index contributed by atoms with van der Waals surface area (Å²) in [5, 5.41) is 3.34. The van der Waals surface area contributed by atoms with E-state index < -0.39 is 0 Å². The van der Waals surface area contributed by atoms with E-state index in [9.17, 15) is 4.79 Å². The Morgan fingerprint density at radius 1 is 1.07 bits per heavy atom. The summed E-state index contributed by atoms with van der Waals surface area (Å²) in [4.78, 5) is 19.8. The summed E-state index contributed by atoms with van der Waals surface area (Å²) in [7, 11) is 0. The number of morpholine rings is 1. The zero-order chi connectivity index (χ0) is 20.5. The fourth-order valence-corrected chi connectivity index (χ4v) is 6.93. The number of anilines is 1. The second-order valence-electron chi connectivity index (χ2n) is 8.43. The van der Waals surface area contributed by atoms with Gasteiger partial charge in [-0.05, 0) is 75.2 Å². The molecule has 1 amide bonds. The summed E-state index contributed by atoms with van der Waals surface area (Å²) in [6.07, 6.45) is 2.42. The Balaban J connectivity index is 1.19. The van der Waals surface area contributed by atoms with Crippen LogP contribution >= 0.6 is 23.1 Å². The molecule has 4 fully saturated rings. The van der Waals surface area contributed by atoms with E-state index in [-0.39, 0.29) is 11.9 Å². The third kappa shape index (κ3) is 4.26. The van der Waals surface area contributed by atoms with Gasteiger partial charge in [0.25, 0.3) is 5.91 Å². The van der Waals surface area contributed by atoms with Crippen LogP contribution in [0.15, 0.2) is 45.5 Å². The molecule has 1 N–H and O–H groups in total. The predicted octanol–water partition coefficient (Wildman–Crippen LogP) is 3.95. The number of piperidine rings is 3. The maximum atomic E-state index is 12.9. The minimum atomic E-state index is 0.0834. The standard InChI is InChI=1S/C23H29N3O2S2/c1-16-22(17-8-10-25(16)11-9-17)24-23(27)20-6-7-21(30-20)29-19-4-2-18(3-5-19)26-12-14-28-15-13-26/h2-7,16-17,22H,8-15H2,1H3,(H,24,27). The lowest BCUT2D eigenvalue weighted by molar-refractivity contribution is 0.0218. The van der Waals surface area contributed by atoms with Gasteiger partial charge in [0.05, 0.1) is 22.3 Å². The van der Waals surface area contributed by atoms with Gasteiger partial charge in [-0.3, -0.25) is 9.69 Å².